The third-order valence-corrected chi connectivity index (χ3v) is 5.90. The third-order valence-electron chi connectivity index (χ3n) is 5.90. The summed E-state index contributed by atoms with van der Waals surface area (Å²) in [6, 6.07) is 3.63. The van der Waals surface area contributed by atoms with Gasteiger partial charge in [0, 0.05) is 24.1 Å². The van der Waals surface area contributed by atoms with Crippen LogP contribution in [-0.4, -0.2) is 44.8 Å². The standard InChI is InChI=1S/C21H24N6O/c28-21-15(20(25-26-21)18-8-5-9-22-24-18)12-19-16(13-27-10-3-4-11-27)14-6-1-2-7-17(14)23-19/h5,8-9,12,23H,1-4,6-7,10-11,13H2,(H,26,28). The van der Waals surface area contributed by atoms with Crippen LogP contribution in [0.15, 0.2) is 29.0 Å². The van der Waals surface area contributed by atoms with Gasteiger partial charge >= 0.3 is 0 Å². The number of rotatable bonds is 4. The molecule has 5 rings (SSSR count). The summed E-state index contributed by atoms with van der Waals surface area (Å²) in [6.45, 7) is 3.26. The molecule has 2 aliphatic heterocycles. The Morgan fingerprint density at radius 3 is 2.82 bits per heavy atom. The second-order valence-electron chi connectivity index (χ2n) is 7.73. The molecular weight excluding hydrogens is 352 g/mol. The maximum absolute atomic E-state index is 12.5. The molecule has 2 N–H and O–H groups in total. The average Bonchev–Trinajstić information content (AvgIpc) is 3.45. The van der Waals surface area contributed by atoms with Gasteiger partial charge in [-0.25, -0.2) is 5.43 Å². The highest BCUT2D eigenvalue weighted by Gasteiger charge is 2.28. The Labute approximate surface area is 163 Å². The lowest BCUT2D eigenvalue weighted by atomic mass is 9.93. The monoisotopic (exact) mass is 376 g/mol. The summed E-state index contributed by atoms with van der Waals surface area (Å²) in [6.07, 6.45) is 10.8. The van der Waals surface area contributed by atoms with Gasteiger partial charge in [-0.3, -0.25) is 9.69 Å². The molecule has 1 fully saturated rings. The number of nitrogens with one attached hydrogen (secondary N) is 2. The quantitative estimate of drug-likeness (QED) is 0.801. The fourth-order valence-corrected chi connectivity index (χ4v) is 4.48. The lowest BCUT2D eigenvalue weighted by molar-refractivity contribution is -0.116. The van der Waals surface area contributed by atoms with Crippen molar-refractivity contribution in [1.29, 1.82) is 0 Å². The number of hydrogen-bond acceptors (Lipinski definition) is 5. The first-order chi connectivity index (χ1) is 13.8. The van der Waals surface area contributed by atoms with Gasteiger partial charge < -0.3 is 4.98 Å². The Bertz CT molecular complexity index is 953. The van der Waals surface area contributed by atoms with Crippen LogP contribution in [-0.2, 0) is 24.2 Å². The van der Waals surface area contributed by atoms with Crippen molar-refractivity contribution in [1.82, 2.24) is 25.5 Å². The van der Waals surface area contributed by atoms with E-state index in [1.807, 2.05) is 12.1 Å². The van der Waals surface area contributed by atoms with Crippen molar-refractivity contribution >= 4 is 17.7 Å². The summed E-state index contributed by atoms with van der Waals surface area (Å²) in [5, 5.41) is 12.3. The summed E-state index contributed by atoms with van der Waals surface area (Å²) >= 11 is 0. The van der Waals surface area contributed by atoms with Gasteiger partial charge in [0.1, 0.15) is 11.4 Å². The van der Waals surface area contributed by atoms with Gasteiger partial charge in [0.2, 0.25) is 0 Å². The van der Waals surface area contributed by atoms with Crippen LogP contribution in [0, 0.1) is 0 Å². The van der Waals surface area contributed by atoms with Gasteiger partial charge in [0.05, 0.1) is 5.57 Å². The highest BCUT2D eigenvalue weighted by Crippen LogP contribution is 2.31. The molecule has 7 nitrogen and oxygen atoms in total. The fourth-order valence-electron chi connectivity index (χ4n) is 4.48. The van der Waals surface area contributed by atoms with Gasteiger partial charge in [-0.1, -0.05) is 0 Å². The molecule has 3 aliphatic rings. The Hall–Kier alpha value is -2.80. The highest BCUT2D eigenvalue weighted by atomic mass is 16.2. The molecule has 0 aromatic carbocycles. The van der Waals surface area contributed by atoms with E-state index in [9.17, 15) is 4.79 Å². The highest BCUT2D eigenvalue weighted by molar-refractivity contribution is 6.32. The van der Waals surface area contributed by atoms with Crippen LogP contribution in [0.4, 0.5) is 0 Å². The molecule has 0 spiro atoms. The molecule has 1 amide bonds. The minimum absolute atomic E-state index is 0.194. The summed E-state index contributed by atoms with van der Waals surface area (Å²) in [7, 11) is 0. The molecule has 1 saturated heterocycles. The SMILES string of the molecule is O=C1NN=C(c2cccnn2)C1=Cc1[nH]c2c(c1CN1CCCC1)CCCC2. The predicted molar refractivity (Wildman–Crippen MR) is 107 cm³/mol. The molecular formula is C21H24N6O. The van der Waals surface area contributed by atoms with Gasteiger partial charge in [-0.2, -0.15) is 10.2 Å². The number of fused-ring (bicyclic) bond motifs is 1. The van der Waals surface area contributed by atoms with Crippen LogP contribution in [0.1, 0.15) is 53.9 Å². The maximum atomic E-state index is 12.5. The zero-order valence-corrected chi connectivity index (χ0v) is 15.9. The number of carbonyl (C=O) groups excluding carboxylic acids is 1. The molecule has 7 heteroatoms. The minimum Gasteiger partial charge on any atom is -0.358 e. The van der Waals surface area contributed by atoms with Crippen LogP contribution in [0.3, 0.4) is 0 Å². The zero-order chi connectivity index (χ0) is 18.9. The lowest BCUT2D eigenvalue weighted by Gasteiger charge is -2.18. The van der Waals surface area contributed by atoms with E-state index in [4.69, 9.17) is 0 Å². The van der Waals surface area contributed by atoms with Crippen molar-refractivity contribution in [2.45, 2.75) is 45.1 Å². The number of likely N-dealkylation sites (tertiary alicyclic amines) is 1. The largest absolute Gasteiger partial charge is 0.358 e. The molecule has 0 bridgehead atoms. The van der Waals surface area contributed by atoms with Crippen molar-refractivity contribution in [3.63, 3.8) is 0 Å². The van der Waals surface area contributed by atoms with Crippen LogP contribution >= 0.6 is 0 Å². The number of hydrogen-bond donors (Lipinski definition) is 2. The van der Waals surface area contributed by atoms with E-state index in [-0.39, 0.29) is 5.91 Å². The first-order valence-corrected chi connectivity index (χ1v) is 10.1. The van der Waals surface area contributed by atoms with Crippen molar-refractivity contribution < 1.29 is 4.79 Å². The first kappa shape index (κ1) is 17.3. The van der Waals surface area contributed by atoms with Crippen LogP contribution in [0.25, 0.3) is 6.08 Å². The van der Waals surface area contributed by atoms with Crippen LogP contribution < -0.4 is 5.43 Å². The topological polar surface area (TPSA) is 86.3 Å². The fraction of sp³-hybridized carbons (Fsp3) is 0.429. The number of hydrazone groups is 1. The summed E-state index contributed by atoms with van der Waals surface area (Å²) in [5.74, 6) is -0.194. The van der Waals surface area contributed by atoms with E-state index < -0.39 is 0 Å². The number of aryl methyl sites for hydroxylation is 1. The van der Waals surface area contributed by atoms with Crippen LogP contribution in [0.5, 0.6) is 0 Å². The summed E-state index contributed by atoms with van der Waals surface area (Å²) in [5.41, 5.74) is 9.47. The van der Waals surface area contributed by atoms with E-state index in [2.05, 4.69) is 30.6 Å². The lowest BCUT2D eigenvalue weighted by Crippen LogP contribution is -2.20. The van der Waals surface area contributed by atoms with E-state index in [1.54, 1.807) is 12.3 Å². The van der Waals surface area contributed by atoms with E-state index in [0.29, 0.717) is 17.0 Å². The first-order valence-electron chi connectivity index (χ1n) is 10.1. The normalized spacial score (nSPS) is 21.1. The second kappa shape index (κ2) is 7.31. The molecule has 144 valence electrons. The van der Waals surface area contributed by atoms with Gasteiger partial charge in [-0.15, -0.1) is 5.10 Å². The molecule has 2 aromatic rings. The summed E-state index contributed by atoms with van der Waals surface area (Å²) in [4.78, 5) is 18.6. The van der Waals surface area contributed by atoms with Gasteiger partial charge in [0.25, 0.3) is 5.91 Å². The van der Waals surface area contributed by atoms with Crippen molar-refractivity contribution in [3.8, 4) is 0 Å². The number of aromatic amines is 1. The van der Waals surface area contributed by atoms with Crippen molar-refractivity contribution in [2.24, 2.45) is 5.10 Å². The van der Waals surface area contributed by atoms with E-state index >= 15 is 0 Å². The second-order valence-corrected chi connectivity index (χ2v) is 7.73. The Morgan fingerprint density at radius 2 is 2.00 bits per heavy atom. The smallest absolute Gasteiger partial charge is 0.273 e. The van der Waals surface area contributed by atoms with Crippen molar-refractivity contribution in [2.75, 3.05) is 13.1 Å². The van der Waals surface area contributed by atoms with Gasteiger partial charge in [-0.05, 0) is 81.0 Å². The molecule has 4 heterocycles. The Balaban J connectivity index is 1.55. The molecule has 28 heavy (non-hydrogen) atoms. The Morgan fingerprint density at radius 1 is 1.14 bits per heavy atom. The number of nitrogens with zero attached hydrogens (tertiary/aromatic N) is 4. The van der Waals surface area contributed by atoms with E-state index in [0.717, 1.165) is 38.2 Å². The molecule has 0 atom stereocenters. The number of aromatic nitrogens is 3. The molecule has 0 saturated carbocycles. The van der Waals surface area contributed by atoms with E-state index in [1.165, 1.54) is 42.5 Å². The zero-order valence-electron chi connectivity index (χ0n) is 15.9. The summed E-state index contributed by atoms with van der Waals surface area (Å²) < 4.78 is 0. The molecule has 0 unspecified atom stereocenters. The van der Waals surface area contributed by atoms with Crippen molar-refractivity contribution in [3.05, 3.63) is 52.1 Å². The maximum Gasteiger partial charge on any atom is 0.273 e. The van der Waals surface area contributed by atoms with Crippen LogP contribution in [0.2, 0.25) is 0 Å². The third kappa shape index (κ3) is 3.16. The molecule has 2 aromatic heterocycles. The average molecular weight is 376 g/mol. The molecule has 1 aliphatic carbocycles. The number of carbonyl (C=O) groups is 1. The minimum atomic E-state index is -0.194. The predicted octanol–water partition coefficient (Wildman–Crippen LogP) is 2.20. The Kier molecular flexibility index (Phi) is 4.52. The van der Waals surface area contributed by atoms with Gasteiger partial charge in [0.15, 0.2) is 0 Å². The molecule has 0 radical (unpaired) electrons. The number of H-pyrrole nitrogens is 1. The number of amides is 1.